The van der Waals surface area contributed by atoms with E-state index in [2.05, 4.69) is 18.3 Å². The molecular weight excluding hydrogens is 272 g/mol. The van der Waals surface area contributed by atoms with Crippen LogP contribution in [0.2, 0.25) is 5.02 Å². The SMILES string of the molecule is CCC(Nc1cc(C#N)ccc1Cl)c1ccc(O)cc1. The highest BCUT2D eigenvalue weighted by Gasteiger charge is 2.11. The van der Waals surface area contributed by atoms with Gasteiger partial charge in [0.2, 0.25) is 0 Å². The summed E-state index contributed by atoms with van der Waals surface area (Å²) >= 11 is 6.16. The van der Waals surface area contributed by atoms with Crippen molar-refractivity contribution in [3.63, 3.8) is 0 Å². The molecule has 0 amide bonds. The van der Waals surface area contributed by atoms with Crippen LogP contribution in [0.1, 0.15) is 30.5 Å². The lowest BCUT2D eigenvalue weighted by atomic mass is 10.0. The van der Waals surface area contributed by atoms with E-state index in [-0.39, 0.29) is 11.8 Å². The molecular formula is C16H15ClN2O. The van der Waals surface area contributed by atoms with Gasteiger partial charge in [0.05, 0.1) is 28.4 Å². The molecule has 0 heterocycles. The highest BCUT2D eigenvalue weighted by atomic mass is 35.5. The van der Waals surface area contributed by atoms with Gasteiger partial charge in [-0.25, -0.2) is 0 Å². The first kappa shape index (κ1) is 14.2. The number of aromatic hydroxyl groups is 1. The lowest BCUT2D eigenvalue weighted by Gasteiger charge is -2.20. The summed E-state index contributed by atoms with van der Waals surface area (Å²) in [6.45, 7) is 2.06. The maximum atomic E-state index is 9.34. The molecule has 2 N–H and O–H groups in total. The van der Waals surface area contributed by atoms with Gasteiger partial charge in [-0.3, -0.25) is 0 Å². The Bertz CT molecular complexity index is 632. The summed E-state index contributed by atoms with van der Waals surface area (Å²) in [4.78, 5) is 0. The van der Waals surface area contributed by atoms with Crippen LogP contribution in [-0.4, -0.2) is 5.11 Å². The molecule has 0 radical (unpaired) electrons. The van der Waals surface area contributed by atoms with Gasteiger partial charge in [-0.1, -0.05) is 30.7 Å². The number of anilines is 1. The zero-order chi connectivity index (χ0) is 14.5. The minimum atomic E-state index is 0.0713. The second kappa shape index (κ2) is 6.31. The van der Waals surface area contributed by atoms with Crippen LogP contribution in [0.5, 0.6) is 5.75 Å². The van der Waals surface area contributed by atoms with Crippen LogP contribution < -0.4 is 5.32 Å². The topological polar surface area (TPSA) is 56.0 Å². The maximum Gasteiger partial charge on any atom is 0.115 e. The van der Waals surface area contributed by atoms with E-state index in [1.54, 1.807) is 30.3 Å². The molecule has 20 heavy (non-hydrogen) atoms. The molecule has 0 aromatic heterocycles. The molecule has 0 bridgehead atoms. The summed E-state index contributed by atoms with van der Waals surface area (Å²) in [5.41, 5.74) is 2.37. The highest BCUT2D eigenvalue weighted by Crippen LogP contribution is 2.29. The highest BCUT2D eigenvalue weighted by molar-refractivity contribution is 6.33. The van der Waals surface area contributed by atoms with Gasteiger partial charge in [0.1, 0.15) is 5.75 Å². The number of phenolic OH excluding ortho intramolecular Hbond substituents is 1. The normalized spacial score (nSPS) is 11.7. The molecule has 3 nitrogen and oxygen atoms in total. The van der Waals surface area contributed by atoms with Gasteiger partial charge in [-0.05, 0) is 42.3 Å². The average Bonchev–Trinajstić information content (AvgIpc) is 2.47. The summed E-state index contributed by atoms with van der Waals surface area (Å²) in [6, 6.07) is 14.4. The predicted molar refractivity (Wildman–Crippen MR) is 80.9 cm³/mol. The van der Waals surface area contributed by atoms with Crippen LogP contribution in [0.25, 0.3) is 0 Å². The minimum absolute atomic E-state index is 0.0713. The number of phenols is 1. The van der Waals surface area contributed by atoms with Crippen molar-refractivity contribution in [1.82, 2.24) is 0 Å². The van der Waals surface area contributed by atoms with Crippen LogP contribution >= 0.6 is 11.6 Å². The van der Waals surface area contributed by atoms with Crippen molar-refractivity contribution in [2.75, 3.05) is 5.32 Å². The molecule has 0 fully saturated rings. The molecule has 1 unspecified atom stereocenters. The quantitative estimate of drug-likeness (QED) is 0.871. The molecule has 0 aliphatic heterocycles. The number of hydrogen-bond donors (Lipinski definition) is 2. The summed E-state index contributed by atoms with van der Waals surface area (Å²) in [5.74, 6) is 0.244. The lowest BCUT2D eigenvalue weighted by molar-refractivity contribution is 0.475. The minimum Gasteiger partial charge on any atom is -0.508 e. The van der Waals surface area contributed by atoms with Gasteiger partial charge < -0.3 is 10.4 Å². The number of nitrogens with one attached hydrogen (secondary N) is 1. The van der Waals surface area contributed by atoms with Crippen molar-refractivity contribution in [3.05, 3.63) is 58.6 Å². The molecule has 0 spiro atoms. The average molecular weight is 287 g/mol. The molecule has 1 atom stereocenters. The molecule has 0 saturated heterocycles. The zero-order valence-corrected chi connectivity index (χ0v) is 11.9. The Labute approximate surface area is 123 Å². The first-order chi connectivity index (χ1) is 9.63. The van der Waals surface area contributed by atoms with Crippen molar-refractivity contribution in [3.8, 4) is 11.8 Å². The zero-order valence-electron chi connectivity index (χ0n) is 11.1. The largest absolute Gasteiger partial charge is 0.508 e. The third kappa shape index (κ3) is 3.23. The fourth-order valence-electron chi connectivity index (χ4n) is 2.02. The van der Waals surface area contributed by atoms with Gasteiger partial charge in [-0.2, -0.15) is 5.26 Å². The summed E-state index contributed by atoms with van der Waals surface area (Å²) in [6.07, 6.45) is 0.859. The maximum absolute atomic E-state index is 9.34. The van der Waals surface area contributed by atoms with Gasteiger partial charge in [0, 0.05) is 0 Å². The Morgan fingerprint density at radius 3 is 2.55 bits per heavy atom. The van der Waals surface area contributed by atoms with Crippen LogP contribution in [0.4, 0.5) is 5.69 Å². The van der Waals surface area contributed by atoms with Crippen molar-refractivity contribution >= 4 is 17.3 Å². The Balaban J connectivity index is 2.26. The lowest BCUT2D eigenvalue weighted by Crippen LogP contribution is -2.10. The van der Waals surface area contributed by atoms with Crippen molar-refractivity contribution in [2.24, 2.45) is 0 Å². The smallest absolute Gasteiger partial charge is 0.115 e. The molecule has 2 rings (SSSR count). The van der Waals surface area contributed by atoms with Crippen LogP contribution in [0, 0.1) is 11.3 Å². The van der Waals surface area contributed by atoms with Crippen LogP contribution in [0.3, 0.4) is 0 Å². The number of hydrogen-bond acceptors (Lipinski definition) is 3. The summed E-state index contributed by atoms with van der Waals surface area (Å²) in [7, 11) is 0. The Hall–Kier alpha value is -2.18. The monoisotopic (exact) mass is 286 g/mol. The van der Waals surface area contributed by atoms with Crippen LogP contribution in [0.15, 0.2) is 42.5 Å². The first-order valence-corrected chi connectivity index (χ1v) is 6.77. The van der Waals surface area contributed by atoms with E-state index in [0.29, 0.717) is 10.6 Å². The van der Waals surface area contributed by atoms with Crippen molar-refractivity contribution in [2.45, 2.75) is 19.4 Å². The van der Waals surface area contributed by atoms with Crippen molar-refractivity contribution < 1.29 is 5.11 Å². The molecule has 2 aromatic carbocycles. The van der Waals surface area contributed by atoms with E-state index in [1.807, 2.05) is 12.1 Å². The third-order valence-electron chi connectivity index (χ3n) is 3.13. The second-order valence-corrected chi connectivity index (χ2v) is 4.91. The second-order valence-electron chi connectivity index (χ2n) is 4.50. The fourth-order valence-corrected chi connectivity index (χ4v) is 2.19. The van der Waals surface area contributed by atoms with Crippen molar-refractivity contribution in [1.29, 1.82) is 5.26 Å². The number of halogens is 1. The number of nitrogens with zero attached hydrogens (tertiary/aromatic N) is 1. The Kier molecular flexibility index (Phi) is 4.49. The molecule has 0 saturated carbocycles. The van der Waals surface area contributed by atoms with E-state index in [0.717, 1.165) is 17.7 Å². The van der Waals surface area contributed by atoms with E-state index in [9.17, 15) is 5.11 Å². The van der Waals surface area contributed by atoms with E-state index < -0.39 is 0 Å². The Morgan fingerprint density at radius 1 is 1.25 bits per heavy atom. The Morgan fingerprint density at radius 2 is 1.95 bits per heavy atom. The molecule has 0 aliphatic carbocycles. The summed E-state index contributed by atoms with van der Waals surface area (Å²) in [5, 5.41) is 22.2. The fraction of sp³-hybridized carbons (Fsp3) is 0.188. The number of benzene rings is 2. The standard InChI is InChI=1S/C16H15ClN2O/c1-2-15(12-4-6-13(20)7-5-12)19-16-9-11(10-18)3-8-14(16)17/h3-9,15,19-20H,2H2,1H3. The number of rotatable bonds is 4. The van der Waals surface area contributed by atoms with Gasteiger partial charge in [0.15, 0.2) is 0 Å². The molecule has 4 heteroatoms. The number of nitriles is 1. The van der Waals surface area contributed by atoms with E-state index in [1.165, 1.54) is 0 Å². The van der Waals surface area contributed by atoms with E-state index >= 15 is 0 Å². The molecule has 102 valence electrons. The molecule has 0 aliphatic rings. The van der Waals surface area contributed by atoms with Crippen LogP contribution in [-0.2, 0) is 0 Å². The predicted octanol–water partition coefficient (Wildman–Crippen LogP) is 4.48. The van der Waals surface area contributed by atoms with Gasteiger partial charge in [0.25, 0.3) is 0 Å². The van der Waals surface area contributed by atoms with E-state index in [4.69, 9.17) is 16.9 Å². The molecule has 2 aromatic rings. The third-order valence-corrected chi connectivity index (χ3v) is 3.46. The summed E-state index contributed by atoms with van der Waals surface area (Å²) < 4.78 is 0. The first-order valence-electron chi connectivity index (χ1n) is 6.39. The van der Waals surface area contributed by atoms with Gasteiger partial charge in [-0.15, -0.1) is 0 Å². The van der Waals surface area contributed by atoms with Gasteiger partial charge >= 0.3 is 0 Å².